The number of hydrogen-bond donors (Lipinski definition) is 1. The number of fused-ring (bicyclic) bond motifs is 1. The Balaban J connectivity index is 1.46. The fraction of sp³-hybridized carbons (Fsp3) is 0.318. The minimum Gasteiger partial charge on any atom is -0.325 e. The van der Waals surface area contributed by atoms with Crippen LogP contribution in [-0.2, 0) is 4.79 Å². The number of halogens is 1. The predicted octanol–water partition coefficient (Wildman–Crippen LogP) is 3.73. The van der Waals surface area contributed by atoms with Gasteiger partial charge in [-0.3, -0.25) is 24.2 Å². The fourth-order valence-corrected chi connectivity index (χ4v) is 3.85. The minimum atomic E-state index is -0.350. The van der Waals surface area contributed by atoms with Gasteiger partial charge in [-0.25, -0.2) is 0 Å². The summed E-state index contributed by atoms with van der Waals surface area (Å²) in [5, 5.41) is 3.55. The van der Waals surface area contributed by atoms with E-state index in [2.05, 4.69) is 17.1 Å². The van der Waals surface area contributed by atoms with Gasteiger partial charge in [-0.15, -0.1) is 0 Å². The number of anilines is 1. The molecule has 29 heavy (non-hydrogen) atoms. The molecule has 0 bridgehead atoms. The van der Waals surface area contributed by atoms with Gasteiger partial charge in [0.15, 0.2) is 0 Å². The molecule has 1 N–H and O–H groups in total. The molecule has 2 aromatic carbocycles. The van der Waals surface area contributed by atoms with Gasteiger partial charge in [0.05, 0.1) is 17.7 Å². The molecule has 1 atom stereocenters. The molecule has 1 aliphatic heterocycles. The molecule has 3 amide bonds. The molecule has 1 aliphatic carbocycles. The topological polar surface area (TPSA) is 69.7 Å². The van der Waals surface area contributed by atoms with Crippen molar-refractivity contribution in [3.63, 3.8) is 0 Å². The first-order valence-corrected chi connectivity index (χ1v) is 10.0. The molecule has 1 unspecified atom stereocenters. The second kappa shape index (κ2) is 7.61. The summed E-state index contributed by atoms with van der Waals surface area (Å²) < 4.78 is 0. The molecule has 6 nitrogen and oxygen atoms in total. The largest absolute Gasteiger partial charge is 0.325 e. The Bertz CT molecular complexity index is 985. The van der Waals surface area contributed by atoms with Crippen molar-refractivity contribution in [3.05, 3.63) is 64.2 Å². The molecular weight excluding hydrogens is 390 g/mol. The summed E-state index contributed by atoms with van der Waals surface area (Å²) in [4.78, 5) is 40.2. The molecule has 1 saturated carbocycles. The molecule has 0 saturated heterocycles. The Morgan fingerprint density at radius 1 is 1.14 bits per heavy atom. The number of amides is 3. The molecular formula is C22H22ClN3O3. The molecule has 1 heterocycles. The third-order valence-electron chi connectivity index (χ3n) is 5.57. The number of nitrogens with zero attached hydrogens (tertiary/aromatic N) is 2. The highest BCUT2D eigenvalue weighted by molar-refractivity contribution is 6.30. The number of imide groups is 1. The van der Waals surface area contributed by atoms with Crippen LogP contribution >= 0.6 is 11.6 Å². The normalized spacial score (nSPS) is 16.9. The Labute approximate surface area is 174 Å². The lowest BCUT2D eigenvalue weighted by Crippen LogP contribution is -2.36. The van der Waals surface area contributed by atoms with Gasteiger partial charge in [-0.05, 0) is 55.7 Å². The van der Waals surface area contributed by atoms with E-state index in [0.717, 1.165) is 23.3 Å². The Kier molecular flexibility index (Phi) is 5.15. The van der Waals surface area contributed by atoms with Gasteiger partial charge in [-0.2, -0.15) is 0 Å². The van der Waals surface area contributed by atoms with E-state index >= 15 is 0 Å². The number of carbonyl (C=O) groups is 3. The van der Waals surface area contributed by atoms with Gasteiger partial charge in [0.1, 0.15) is 0 Å². The van der Waals surface area contributed by atoms with E-state index in [0.29, 0.717) is 27.9 Å². The monoisotopic (exact) mass is 411 g/mol. The van der Waals surface area contributed by atoms with Crippen LogP contribution in [0.25, 0.3) is 0 Å². The van der Waals surface area contributed by atoms with Crippen molar-refractivity contribution in [2.24, 2.45) is 0 Å². The van der Waals surface area contributed by atoms with Crippen molar-refractivity contribution in [2.75, 3.05) is 18.9 Å². The summed E-state index contributed by atoms with van der Waals surface area (Å²) in [6.45, 7) is 2.34. The highest BCUT2D eigenvalue weighted by Gasteiger charge is 2.35. The first-order chi connectivity index (χ1) is 13.8. The van der Waals surface area contributed by atoms with E-state index in [4.69, 9.17) is 11.6 Å². The Hall–Kier alpha value is -2.70. The van der Waals surface area contributed by atoms with Crippen LogP contribution in [-0.4, -0.2) is 47.2 Å². The van der Waals surface area contributed by atoms with Crippen LogP contribution in [0.3, 0.4) is 0 Å². The number of benzene rings is 2. The number of carbonyl (C=O) groups excluding carboxylic acids is 3. The van der Waals surface area contributed by atoms with Gasteiger partial charge < -0.3 is 5.32 Å². The first kappa shape index (κ1) is 19.6. The van der Waals surface area contributed by atoms with Crippen molar-refractivity contribution in [1.29, 1.82) is 0 Å². The summed E-state index contributed by atoms with van der Waals surface area (Å²) in [7, 11) is 1.45. The Morgan fingerprint density at radius 3 is 2.45 bits per heavy atom. The minimum absolute atomic E-state index is 0.0818. The highest BCUT2D eigenvalue weighted by atomic mass is 35.5. The van der Waals surface area contributed by atoms with Crippen LogP contribution in [0.1, 0.15) is 52.1 Å². The maximum absolute atomic E-state index is 12.7. The standard InChI is InChI=1S/C22H22ClN3O3/c1-13(14-3-5-15(23)6-4-14)26(17-8-9-17)12-20(27)24-16-7-10-18-19(11-16)22(29)25(2)21(18)28/h3-7,10-11,13,17H,8-9,12H2,1-2H3,(H,24,27). The summed E-state index contributed by atoms with van der Waals surface area (Å²) in [6.07, 6.45) is 2.15. The maximum atomic E-state index is 12.7. The summed E-state index contributed by atoms with van der Waals surface area (Å²) >= 11 is 5.99. The molecule has 0 aromatic heterocycles. The van der Waals surface area contributed by atoms with Crippen LogP contribution in [0.5, 0.6) is 0 Å². The van der Waals surface area contributed by atoms with Gasteiger partial charge in [0.25, 0.3) is 11.8 Å². The summed E-state index contributed by atoms with van der Waals surface area (Å²) in [5.41, 5.74) is 2.31. The van der Waals surface area contributed by atoms with E-state index in [9.17, 15) is 14.4 Å². The van der Waals surface area contributed by atoms with E-state index < -0.39 is 0 Å². The first-order valence-electron chi connectivity index (χ1n) is 9.62. The summed E-state index contributed by atoms with van der Waals surface area (Å²) in [5.74, 6) is -0.820. The average Bonchev–Trinajstić information content (AvgIpc) is 3.52. The third kappa shape index (κ3) is 3.91. The highest BCUT2D eigenvalue weighted by Crippen LogP contribution is 2.34. The van der Waals surface area contributed by atoms with Crippen molar-refractivity contribution < 1.29 is 14.4 Å². The lowest BCUT2D eigenvalue weighted by atomic mass is 10.1. The van der Waals surface area contributed by atoms with Crippen molar-refractivity contribution in [2.45, 2.75) is 31.8 Å². The zero-order valence-electron chi connectivity index (χ0n) is 16.3. The molecule has 4 rings (SSSR count). The number of hydrogen-bond acceptors (Lipinski definition) is 4. The van der Waals surface area contributed by atoms with E-state index in [1.165, 1.54) is 7.05 Å². The van der Waals surface area contributed by atoms with E-state index in [1.807, 2.05) is 24.3 Å². The molecule has 0 radical (unpaired) electrons. The lowest BCUT2D eigenvalue weighted by molar-refractivity contribution is -0.118. The smallest absolute Gasteiger partial charge is 0.261 e. The molecule has 2 aromatic rings. The van der Waals surface area contributed by atoms with Crippen molar-refractivity contribution in [3.8, 4) is 0 Å². The fourth-order valence-electron chi connectivity index (χ4n) is 3.73. The van der Waals surface area contributed by atoms with Crippen LogP contribution in [0, 0.1) is 0 Å². The molecule has 1 fully saturated rings. The quantitative estimate of drug-likeness (QED) is 0.735. The molecule has 150 valence electrons. The van der Waals surface area contributed by atoms with Gasteiger partial charge in [0.2, 0.25) is 5.91 Å². The van der Waals surface area contributed by atoms with Crippen LogP contribution in [0.2, 0.25) is 5.02 Å². The maximum Gasteiger partial charge on any atom is 0.261 e. The van der Waals surface area contributed by atoms with Crippen LogP contribution in [0.4, 0.5) is 5.69 Å². The SMILES string of the molecule is CC(c1ccc(Cl)cc1)N(CC(=O)Nc1ccc2c(c1)C(=O)N(C)C2=O)C1CC1. The average molecular weight is 412 g/mol. The number of nitrogens with one attached hydrogen (secondary N) is 1. The zero-order valence-corrected chi connectivity index (χ0v) is 17.1. The number of rotatable bonds is 6. The molecule has 7 heteroatoms. The lowest BCUT2D eigenvalue weighted by Gasteiger charge is -2.29. The Morgan fingerprint density at radius 2 is 1.79 bits per heavy atom. The summed E-state index contributed by atoms with van der Waals surface area (Å²) in [6, 6.07) is 13.0. The van der Waals surface area contributed by atoms with E-state index in [-0.39, 0.29) is 30.3 Å². The molecule has 0 spiro atoms. The van der Waals surface area contributed by atoms with Gasteiger partial charge >= 0.3 is 0 Å². The van der Waals surface area contributed by atoms with Crippen LogP contribution < -0.4 is 5.32 Å². The third-order valence-corrected chi connectivity index (χ3v) is 5.82. The van der Waals surface area contributed by atoms with Crippen molar-refractivity contribution in [1.82, 2.24) is 9.80 Å². The van der Waals surface area contributed by atoms with E-state index in [1.54, 1.807) is 18.2 Å². The van der Waals surface area contributed by atoms with Crippen LogP contribution in [0.15, 0.2) is 42.5 Å². The zero-order chi connectivity index (χ0) is 20.7. The van der Waals surface area contributed by atoms with Crippen molar-refractivity contribution >= 4 is 35.0 Å². The second-order valence-electron chi connectivity index (χ2n) is 7.61. The predicted molar refractivity (Wildman–Crippen MR) is 111 cm³/mol. The second-order valence-corrected chi connectivity index (χ2v) is 8.05. The van der Waals surface area contributed by atoms with Gasteiger partial charge in [-0.1, -0.05) is 23.7 Å². The van der Waals surface area contributed by atoms with Gasteiger partial charge in [0, 0.05) is 29.8 Å². The molecule has 2 aliphatic rings.